The van der Waals surface area contributed by atoms with E-state index in [1.54, 1.807) is 11.3 Å². The lowest BCUT2D eigenvalue weighted by Crippen LogP contribution is -2.11. The second-order valence-electron chi connectivity index (χ2n) is 5.04. The number of nitrogens with zero attached hydrogens (tertiary/aromatic N) is 2. The quantitative estimate of drug-likeness (QED) is 0.664. The number of aromatic nitrogens is 2. The highest BCUT2D eigenvalue weighted by Crippen LogP contribution is 2.35. The van der Waals surface area contributed by atoms with Crippen LogP contribution in [0, 0.1) is 6.92 Å². The van der Waals surface area contributed by atoms with Gasteiger partial charge in [0.15, 0.2) is 5.82 Å². The molecule has 0 aromatic carbocycles. The summed E-state index contributed by atoms with van der Waals surface area (Å²) < 4.78 is 0. The number of thiophene rings is 1. The van der Waals surface area contributed by atoms with Crippen molar-refractivity contribution in [3.8, 4) is 10.7 Å². The first kappa shape index (κ1) is 12.6. The van der Waals surface area contributed by atoms with Crippen LogP contribution in [0.5, 0.6) is 0 Å². The summed E-state index contributed by atoms with van der Waals surface area (Å²) in [5, 5.41) is 0. The molecule has 4 nitrogen and oxygen atoms in total. The van der Waals surface area contributed by atoms with Crippen molar-refractivity contribution >= 4 is 17.2 Å². The molecule has 1 fully saturated rings. The summed E-state index contributed by atoms with van der Waals surface area (Å²) in [5.41, 5.74) is 3.79. The fourth-order valence-electron chi connectivity index (χ4n) is 2.64. The molecule has 0 amide bonds. The van der Waals surface area contributed by atoms with Crippen LogP contribution in [0.2, 0.25) is 0 Å². The van der Waals surface area contributed by atoms with Crippen LogP contribution >= 0.6 is 11.3 Å². The number of nitrogens with one attached hydrogen (secondary N) is 1. The van der Waals surface area contributed by atoms with E-state index in [1.165, 1.54) is 30.6 Å². The van der Waals surface area contributed by atoms with Crippen LogP contribution in [0.4, 0.5) is 5.82 Å². The maximum Gasteiger partial charge on any atom is 0.171 e. The lowest BCUT2D eigenvalue weighted by atomic mass is 10.0. The van der Waals surface area contributed by atoms with Crippen LogP contribution in [-0.4, -0.2) is 9.97 Å². The largest absolute Gasteiger partial charge is 0.308 e. The minimum absolute atomic E-state index is 0.565. The highest BCUT2D eigenvalue weighted by molar-refractivity contribution is 7.15. The van der Waals surface area contributed by atoms with Crippen LogP contribution in [0.3, 0.4) is 0 Å². The molecule has 2 heterocycles. The number of rotatable bonds is 3. The molecular weight excluding hydrogens is 256 g/mol. The Labute approximate surface area is 117 Å². The van der Waals surface area contributed by atoms with Gasteiger partial charge in [-0.05, 0) is 31.9 Å². The molecule has 0 aliphatic heterocycles. The molecule has 0 spiro atoms. The Kier molecular flexibility index (Phi) is 3.48. The Morgan fingerprint density at radius 3 is 2.68 bits per heavy atom. The van der Waals surface area contributed by atoms with Crippen molar-refractivity contribution in [3.05, 3.63) is 28.8 Å². The third-order valence-electron chi connectivity index (χ3n) is 3.63. The maximum atomic E-state index is 5.53. The molecule has 2 aromatic rings. The second kappa shape index (κ2) is 5.27. The Morgan fingerprint density at radius 2 is 2.05 bits per heavy atom. The molecule has 0 saturated heterocycles. The Bertz CT molecular complexity index is 573. The van der Waals surface area contributed by atoms with E-state index in [0.29, 0.717) is 11.7 Å². The molecule has 0 unspecified atom stereocenters. The lowest BCUT2D eigenvalue weighted by Gasteiger charge is -2.11. The van der Waals surface area contributed by atoms with Gasteiger partial charge in [-0.25, -0.2) is 15.8 Å². The number of hydrogen-bond donors (Lipinski definition) is 2. The molecule has 1 aliphatic rings. The normalized spacial score (nSPS) is 15.9. The summed E-state index contributed by atoms with van der Waals surface area (Å²) in [6.07, 6.45) is 5.05. The molecule has 1 aliphatic carbocycles. The van der Waals surface area contributed by atoms with Crippen LogP contribution < -0.4 is 11.3 Å². The van der Waals surface area contributed by atoms with Crippen molar-refractivity contribution in [1.82, 2.24) is 9.97 Å². The molecule has 3 N–H and O–H groups in total. The van der Waals surface area contributed by atoms with Gasteiger partial charge in [0, 0.05) is 22.6 Å². The van der Waals surface area contributed by atoms with Gasteiger partial charge < -0.3 is 5.43 Å². The third kappa shape index (κ3) is 2.62. The molecule has 2 aromatic heterocycles. The van der Waals surface area contributed by atoms with Gasteiger partial charge in [0.25, 0.3) is 0 Å². The summed E-state index contributed by atoms with van der Waals surface area (Å²) in [4.78, 5) is 11.6. The van der Waals surface area contributed by atoms with E-state index in [9.17, 15) is 0 Å². The molecule has 1 saturated carbocycles. The van der Waals surface area contributed by atoms with Gasteiger partial charge in [-0.3, -0.25) is 0 Å². The zero-order valence-corrected chi connectivity index (χ0v) is 11.8. The van der Waals surface area contributed by atoms with E-state index >= 15 is 0 Å². The maximum absolute atomic E-state index is 5.53. The van der Waals surface area contributed by atoms with Crippen molar-refractivity contribution in [2.75, 3.05) is 5.43 Å². The molecule has 0 atom stereocenters. The number of hydrogen-bond acceptors (Lipinski definition) is 5. The van der Waals surface area contributed by atoms with Gasteiger partial charge >= 0.3 is 0 Å². The third-order valence-corrected chi connectivity index (χ3v) is 4.62. The summed E-state index contributed by atoms with van der Waals surface area (Å²) in [6, 6.07) is 6.16. The number of aryl methyl sites for hydroxylation is 1. The smallest absolute Gasteiger partial charge is 0.171 e. The first-order valence-electron chi connectivity index (χ1n) is 6.68. The number of nitrogens with two attached hydrogens (primary N) is 1. The standard InChI is InChI=1S/C14H18N4S/c1-9-6-7-12(19-9)14-16-11(8-13(17-14)18-15)10-4-2-3-5-10/h6-8,10H,2-5,15H2,1H3,(H,16,17,18). The van der Waals surface area contributed by atoms with E-state index in [-0.39, 0.29) is 0 Å². The van der Waals surface area contributed by atoms with E-state index in [4.69, 9.17) is 10.8 Å². The fraction of sp³-hybridized carbons (Fsp3) is 0.429. The minimum atomic E-state index is 0.565. The van der Waals surface area contributed by atoms with Gasteiger partial charge in [-0.1, -0.05) is 12.8 Å². The van der Waals surface area contributed by atoms with Crippen LogP contribution in [0.15, 0.2) is 18.2 Å². The van der Waals surface area contributed by atoms with Gasteiger partial charge in [0.2, 0.25) is 0 Å². The predicted octanol–water partition coefficient (Wildman–Crippen LogP) is 3.46. The first-order valence-corrected chi connectivity index (χ1v) is 7.50. The van der Waals surface area contributed by atoms with E-state index in [0.717, 1.165) is 16.4 Å². The predicted molar refractivity (Wildman–Crippen MR) is 79.1 cm³/mol. The minimum Gasteiger partial charge on any atom is -0.308 e. The van der Waals surface area contributed by atoms with E-state index in [1.807, 2.05) is 6.07 Å². The molecule has 19 heavy (non-hydrogen) atoms. The number of nitrogen functional groups attached to an aromatic ring is 1. The highest BCUT2D eigenvalue weighted by Gasteiger charge is 2.20. The lowest BCUT2D eigenvalue weighted by molar-refractivity contribution is 0.696. The molecule has 100 valence electrons. The number of hydrazine groups is 1. The van der Waals surface area contributed by atoms with Gasteiger partial charge in [-0.15, -0.1) is 11.3 Å². The van der Waals surface area contributed by atoms with Crippen LogP contribution in [0.1, 0.15) is 42.2 Å². The van der Waals surface area contributed by atoms with Gasteiger partial charge in [-0.2, -0.15) is 0 Å². The Balaban J connectivity index is 2.01. The van der Waals surface area contributed by atoms with Crippen LogP contribution in [-0.2, 0) is 0 Å². The average Bonchev–Trinajstić information content (AvgIpc) is 3.09. The SMILES string of the molecule is Cc1ccc(-c2nc(NN)cc(C3CCCC3)n2)s1. The monoisotopic (exact) mass is 274 g/mol. The van der Waals surface area contributed by atoms with Crippen molar-refractivity contribution in [2.24, 2.45) is 5.84 Å². The summed E-state index contributed by atoms with van der Waals surface area (Å²) in [7, 11) is 0. The number of anilines is 1. The molecule has 0 radical (unpaired) electrons. The van der Waals surface area contributed by atoms with Crippen molar-refractivity contribution in [1.29, 1.82) is 0 Å². The fourth-order valence-corrected chi connectivity index (χ4v) is 3.44. The summed E-state index contributed by atoms with van der Waals surface area (Å²) in [5.74, 6) is 7.59. The average molecular weight is 274 g/mol. The topological polar surface area (TPSA) is 63.8 Å². The second-order valence-corrected chi connectivity index (χ2v) is 6.33. The zero-order chi connectivity index (χ0) is 13.2. The van der Waals surface area contributed by atoms with Crippen LogP contribution in [0.25, 0.3) is 10.7 Å². The van der Waals surface area contributed by atoms with Gasteiger partial charge in [0.1, 0.15) is 5.82 Å². The zero-order valence-electron chi connectivity index (χ0n) is 11.0. The van der Waals surface area contributed by atoms with Gasteiger partial charge in [0.05, 0.1) is 4.88 Å². The Morgan fingerprint density at radius 1 is 1.26 bits per heavy atom. The van der Waals surface area contributed by atoms with Crippen molar-refractivity contribution in [3.63, 3.8) is 0 Å². The molecule has 3 rings (SSSR count). The van der Waals surface area contributed by atoms with E-state index < -0.39 is 0 Å². The van der Waals surface area contributed by atoms with E-state index in [2.05, 4.69) is 29.5 Å². The highest BCUT2D eigenvalue weighted by atomic mass is 32.1. The first-order chi connectivity index (χ1) is 9.26. The Hall–Kier alpha value is -1.46. The summed E-state index contributed by atoms with van der Waals surface area (Å²) >= 11 is 1.72. The molecular formula is C14H18N4S. The summed E-state index contributed by atoms with van der Waals surface area (Å²) in [6.45, 7) is 2.09. The van der Waals surface area contributed by atoms with Crippen molar-refractivity contribution < 1.29 is 0 Å². The van der Waals surface area contributed by atoms with Crippen molar-refractivity contribution in [2.45, 2.75) is 38.5 Å². The molecule has 5 heteroatoms. The molecule has 0 bridgehead atoms.